The van der Waals surface area contributed by atoms with Gasteiger partial charge in [0, 0.05) is 18.8 Å². The maximum absolute atomic E-state index is 11.5. The van der Waals surface area contributed by atoms with E-state index in [1.54, 1.807) is 24.3 Å². The maximum Gasteiger partial charge on any atom is 0.223 e. The van der Waals surface area contributed by atoms with Crippen LogP contribution in [0.3, 0.4) is 0 Å². The summed E-state index contributed by atoms with van der Waals surface area (Å²) < 4.78 is 10.8. The Morgan fingerprint density at radius 1 is 1.20 bits per heavy atom. The zero-order chi connectivity index (χ0) is 14.6. The molecule has 1 rings (SSSR count). The molecule has 1 aromatic carbocycles. The van der Waals surface area contributed by atoms with Gasteiger partial charge >= 0.3 is 0 Å². The molecular formula is C15H24N2O3. The quantitative estimate of drug-likeness (QED) is 0.507. The van der Waals surface area contributed by atoms with Gasteiger partial charge in [-0.25, -0.2) is 0 Å². The Morgan fingerprint density at radius 3 is 2.65 bits per heavy atom. The second-order valence-corrected chi connectivity index (χ2v) is 4.48. The van der Waals surface area contributed by atoms with Gasteiger partial charge in [-0.15, -0.1) is 0 Å². The zero-order valence-electron chi connectivity index (χ0n) is 12.1. The summed E-state index contributed by atoms with van der Waals surface area (Å²) in [4.78, 5) is 11.5. The van der Waals surface area contributed by atoms with Crippen LogP contribution in [0, 0.1) is 0 Å². The van der Waals surface area contributed by atoms with Crippen molar-refractivity contribution in [3.05, 3.63) is 24.3 Å². The van der Waals surface area contributed by atoms with E-state index in [2.05, 4.69) is 12.2 Å². The summed E-state index contributed by atoms with van der Waals surface area (Å²) in [5.41, 5.74) is 6.26. The fourth-order valence-electron chi connectivity index (χ4n) is 1.53. The molecule has 0 saturated heterocycles. The van der Waals surface area contributed by atoms with Crippen molar-refractivity contribution < 1.29 is 14.3 Å². The van der Waals surface area contributed by atoms with Crippen LogP contribution in [-0.4, -0.2) is 32.3 Å². The van der Waals surface area contributed by atoms with Gasteiger partial charge in [0.15, 0.2) is 0 Å². The van der Waals surface area contributed by atoms with Crippen LogP contribution in [0.2, 0.25) is 0 Å². The van der Waals surface area contributed by atoms with Crippen molar-refractivity contribution in [2.45, 2.75) is 26.2 Å². The number of anilines is 1. The minimum absolute atomic E-state index is 0.0282. The van der Waals surface area contributed by atoms with Gasteiger partial charge < -0.3 is 20.5 Å². The predicted octanol–water partition coefficient (Wildman–Crippen LogP) is 1.97. The van der Waals surface area contributed by atoms with E-state index in [1.807, 2.05) is 0 Å². The van der Waals surface area contributed by atoms with Crippen LogP contribution < -0.4 is 15.8 Å². The minimum Gasteiger partial charge on any atom is -0.493 e. The van der Waals surface area contributed by atoms with Crippen molar-refractivity contribution in [3.63, 3.8) is 0 Å². The van der Waals surface area contributed by atoms with Crippen molar-refractivity contribution >= 4 is 11.6 Å². The molecule has 0 unspecified atom stereocenters. The number of benzene rings is 1. The van der Waals surface area contributed by atoms with Gasteiger partial charge in [0.2, 0.25) is 5.91 Å². The van der Waals surface area contributed by atoms with E-state index in [1.165, 1.54) is 0 Å². The average molecular weight is 280 g/mol. The van der Waals surface area contributed by atoms with Gasteiger partial charge in [0.1, 0.15) is 5.75 Å². The Morgan fingerprint density at radius 2 is 1.95 bits per heavy atom. The van der Waals surface area contributed by atoms with Crippen molar-refractivity contribution in [2.75, 3.05) is 32.1 Å². The van der Waals surface area contributed by atoms with Crippen LogP contribution in [-0.2, 0) is 9.53 Å². The first-order chi connectivity index (χ1) is 9.72. The molecule has 0 atom stereocenters. The second kappa shape index (κ2) is 10.1. The number of amides is 1. The highest BCUT2D eigenvalue weighted by atomic mass is 16.5. The van der Waals surface area contributed by atoms with E-state index in [9.17, 15) is 4.79 Å². The van der Waals surface area contributed by atoms with Gasteiger partial charge in [0.05, 0.1) is 19.6 Å². The smallest absolute Gasteiger partial charge is 0.223 e. The summed E-state index contributed by atoms with van der Waals surface area (Å²) in [6.07, 6.45) is 2.51. The summed E-state index contributed by atoms with van der Waals surface area (Å²) in [6, 6.07) is 7.11. The van der Waals surface area contributed by atoms with E-state index in [-0.39, 0.29) is 5.91 Å². The molecule has 0 aliphatic carbocycles. The summed E-state index contributed by atoms with van der Waals surface area (Å²) in [5.74, 6) is 0.689. The monoisotopic (exact) mass is 280 g/mol. The summed E-state index contributed by atoms with van der Waals surface area (Å²) in [6.45, 7) is 4.33. The van der Waals surface area contributed by atoms with Crippen molar-refractivity contribution in [1.82, 2.24) is 5.32 Å². The van der Waals surface area contributed by atoms with Gasteiger partial charge in [-0.3, -0.25) is 4.79 Å². The topological polar surface area (TPSA) is 73.6 Å². The molecule has 0 aliphatic rings. The van der Waals surface area contributed by atoms with Crippen LogP contribution in [0.5, 0.6) is 5.75 Å². The molecular weight excluding hydrogens is 256 g/mol. The summed E-state index contributed by atoms with van der Waals surface area (Å²) in [7, 11) is 0. The standard InChI is InChI=1S/C15H24N2O3/c1-2-3-10-19-12-9-17-15(18)8-11-20-14-6-4-13(16)5-7-14/h4-7H,2-3,8-12,16H2,1H3,(H,17,18). The molecule has 0 aliphatic heterocycles. The minimum atomic E-state index is -0.0282. The normalized spacial score (nSPS) is 10.2. The van der Waals surface area contributed by atoms with Crippen molar-refractivity contribution in [2.24, 2.45) is 0 Å². The molecule has 0 saturated carbocycles. The molecule has 0 heterocycles. The number of ether oxygens (including phenoxy) is 2. The van der Waals surface area contributed by atoms with Crippen LogP contribution in [0.1, 0.15) is 26.2 Å². The van der Waals surface area contributed by atoms with Crippen LogP contribution in [0.4, 0.5) is 5.69 Å². The lowest BCUT2D eigenvalue weighted by atomic mass is 10.3. The first-order valence-electron chi connectivity index (χ1n) is 7.05. The van der Waals surface area contributed by atoms with E-state index >= 15 is 0 Å². The van der Waals surface area contributed by atoms with E-state index in [0.717, 1.165) is 25.2 Å². The molecule has 20 heavy (non-hydrogen) atoms. The highest BCUT2D eigenvalue weighted by Gasteiger charge is 2.01. The lowest BCUT2D eigenvalue weighted by molar-refractivity contribution is -0.121. The van der Waals surface area contributed by atoms with Gasteiger partial charge in [-0.05, 0) is 30.7 Å². The Labute approximate surface area is 120 Å². The molecule has 0 fully saturated rings. The Bertz CT molecular complexity index is 379. The first kappa shape index (κ1) is 16.3. The summed E-state index contributed by atoms with van der Waals surface area (Å²) >= 11 is 0. The molecule has 5 heteroatoms. The number of hydrogen-bond donors (Lipinski definition) is 2. The van der Waals surface area contributed by atoms with Crippen molar-refractivity contribution in [1.29, 1.82) is 0 Å². The number of rotatable bonds is 10. The number of hydrogen-bond acceptors (Lipinski definition) is 4. The fourth-order valence-corrected chi connectivity index (χ4v) is 1.53. The molecule has 0 spiro atoms. The van der Waals surface area contributed by atoms with Gasteiger partial charge in [-0.2, -0.15) is 0 Å². The van der Waals surface area contributed by atoms with E-state index in [0.29, 0.717) is 31.9 Å². The third-order valence-electron chi connectivity index (χ3n) is 2.69. The Kier molecular flexibility index (Phi) is 8.22. The molecule has 0 bridgehead atoms. The SMILES string of the molecule is CCCCOCCNC(=O)CCOc1ccc(N)cc1. The highest BCUT2D eigenvalue weighted by Crippen LogP contribution is 2.12. The highest BCUT2D eigenvalue weighted by molar-refractivity contribution is 5.75. The number of carbonyl (C=O) groups is 1. The van der Waals surface area contributed by atoms with Crippen LogP contribution in [0.25, 0.3) is 0 Å². The fraction of sp³-hybridized carbons (Fsp3) is 0.533. The van der Waals surface area contributed by atoms with Crippen molar-refractivity contribution in [3.8, 4) is 5.75 Å². The Balaban J connectivity index is 2.01. The average Bonchev–Trinajstić information content (AvgIpc) is 2.45. The largest absolute Gasteiger partial charge is 0.493 e. The molecule has 112 valence electrons. The molecule has 0 aromatic heterocycles. The second-order valence-electron chi connectivity index (χ2n) is 4.48. The number of nitrogens with one attached hydrogen (secondary N) is 1. The number of carbonyl (C=O) groups excluding carboxylic acids is 1. The van der Waals surface area contributed by atoms with Gasteiger partial charge in [0.25, 0.3) is 0 Å². The first-order valence-corrected chi connectivity index (χ1v) is 7.05. The zero-order valence-corrected chi connectivity index (χ0v) is 12.1. The third-order valence-corrected chi connectivity index (χ3v) is 2.69. The lowest BCUT2D eigenvalue weighted by Crippen LogP contribution is -2.28. The number of unbranched alkanes of at least 4 members (excludes halogenated alkanes) is 1. The van der Waals surface area contributed by atoms with E-state index in [4.69, 9.17) is 15.2 Å². The molecule has 0 radical (unpaired) electrons. The lowest BCUT2D eigenvalue weighted by Gasteiger charge is -2.08. The molecule has 1 aromatic rings. The third kappa shape index (κ3) is 7.63. The van der Waals surface area contributed by atoms with Crippen LogP contribution >= 0.6 is 0 Å². The number of nitrogens with two attached hydrogens (primary N) is 1. The summed E-state index contributed by atoms with van der Waals surface area (Å²) in [5, 5.41) is 2.79. The molecule has 1 amide bonds. The maximum atomic E-state index is 11.5. The molecule has 3 N–H and O–H groups in total. The van der Waals surface area contributed by atoms with Crippen LogP contribution in [0.15, 0.2) is 24.3 Å². The molecule has 5 nitrogen and oxygen atoms in total. The number of nitrogen functional groups attached to an aromatic ring is 1. The Hall–Kier alpha value is -1.75. The van der Waals surface area contributed by atoms with Gasteiger partial charge in [-0.1, -0.05) is 13.3 Å². The van der Waals surface area contributed by atoms with E-state index < -0.39 is 0 Å². The predicted molar refractivity (Wildman–Crippen MR) is 79.7 cm³/mol.